The molecule has 4 aromatic rings. The minimum atomic E-state index is -1.26. The Morgan fingerprint density at radius 1 is 0.864 bits per heavy atom. The fraction of sp³-hybridized carbons (Fsp3) is 0.323. The zero-order chi connectivity index (χ0) is 31.5. The van der Waals surface area contributed by atoms with Crippen LogP contribution in [0.4, 0.5) is 0 Å². The molecular formula is C31H37N7O5S. The number of carbonyl (C=O) groups excluding carboxylic acids is 3. The van der Waals surface area contributed by atoms with Crippen molar-refractivity contribution < 1.29 is 24.3 Å². The molecule has 0 aliphatic carbocycles. The van der Waals surface area contributed by atoms with Crippen LogP contribution in [-0.2, 0) is 38.4 Å². The van der Waals surface area contributed by atoms with Gasteiger partial charge in [-0.3, -0.25) is 14.4 Å². The van der Waals surface area contributed by atoms with Gasteiger partial charge in [0.25, 0.3) is 0 Å². The zero-order valence-corrected chi connectivity index (χ0v) is 25.1. The lowest BCUT2D eigenvalue weighted by molar-refractivity contribution is -0.142. The van der Waals surface area contributed by atoms with Crippen LogP contribution in [0.15, 0.2) is 73.3 Å². The summed E-state index contributed by atoms with van der Waals surface area (Å²) in [4.78, 5) is 62.3. The highest BCUT2D eigenvalue weighted by Gasteiger charge is 2.31. The van der Waals surface area contributed by atoms with Gasteiger partial charge in [0.2, 0.25) is 17.7 Å². The number of benzene rings is 2. The topological polar surface area (TPSA) is 195 Å². The molecule has 232 valence electrons. The number of H-pyrrole nitrogens is 2. The van der Waals surface area contributed by atoms with Crippen molar-refractivity contribution in [1.82, 2.24) is 30.9 Å². The molecule has 3 amide bonds. The van der Waals surface area contributed by atoms with E-state index in [1.807, 2.05) is 60.9 Å². The van der Waals surface area contributed by atoms with Crippen molar-refractivity contribution in [2.24, 2.45) is 5.73 Å². The van der Waals surface area contributed by atoms with E-state index in [2.05, 4.69) is 30.9 Å². The van der Waals surface area contributed by atoms with E-state index in [1.54, 1.807) is 6.20 Å². The monoisotopic (exact) mass is 619 g/mol. The standard InChI is InChI=1S/C31H37N7O5S/c1-44-12-11-25(36-28(39)23(32)13-19-7-3-2-4-8-19)29(40)37-26(15-21-17-33-18-35-21)30(41)38-27(31(42)43)14-20-16-34-24-10-6-5-9-22(20)24/h2-10,16-18,23,25-27,34H,11-15,32H2,1H3,(H,33,35)(H,36,39)(H,37,40)(H,38,41)(H,42,43). The molecule has 0 saturated carbocycles. The lowest BCUT2D eigenvalue weighted by Crippen LogP contribution is -2.58. The second-order valence-electron chi connectivity index (χ2n) is 10.4. The van der Waals surface area contributed by atoms with Gasteiger partial charge in [0, 0.05) is 41.8 Å². The van der Waals surface area contributed by atoms with E-state index in [-0.39, 0.29) is 12.8 Å². The molecule has 4 rings (SSSR count). The summed E-state index contributed by atoms with van der Waals surface area (Å²) in [6.45, 7) is 0. The van der Waals surface area contributed by atoms with Gasteiger partial charge in [-0.1, -0.05) is 48.5 Å². The van der Waals surface area contributed by atoms with Crippen molar-refractivity contribution in [1.29, 1.82) is 0 Å². The van der Waals surface area contributed by atoms with E-state index in [0.29, 0.717) is 24.3 Å². The van der Waals surface area contributed by atoms with Crippen LogP contribution in [0.25, 0.3) is 10.9 Å². The first-order valence-corrected chi connectivity index (χ1v) is 15.6. The Hall–Kier alpha value is -4.62. The smallest absolute Gasteiger partial charge is 0.326 e. The fourth-order valence-electron chi connectivity index (χ4n) is 4.83. The summed E-state index contributed by atoms with van der Waals surface area (Å²) in [5.74, 6) is -2.41. The number of hydrogen-bond donors (Lipinski definition) is 7. The molecule has 2 heterocycles. The number of fused-ring (bicyclic) bond motifs is 1. The van der Waals surface area contributed by atoms with Crippen LogP contribution in [0.5, 0.6) is 0 Å². The number of nitrogens with one attached hydrogen (secondary N) is 5. The van der Waals surface area contributed by atoms with Gasteiger partial charge in [-0.05, 0) is 42.0 Å². The largest absolute Gasteiger partial charge is 0.480 e. The summed E-state index contributed by atoms with van der Waals surface area (Å²) in [6.07, 6.45) is 7.20. The molecule has 0 aliphatic heterocycles. The first-order valence-electron chi connectivity index (χ1n) is 14.2. The molecule has 0 spiro atoms. The van der Waals surface area contributed by atoms with Crippen LogP contribution in [0.2, 0.25) is 0 Å². The van der Waals surface area contributed by atoms with Gasteiger partial charge >= 0.3 is 5.97 Å². The average Bonchev–Trinajstić information content (AvgIpc) is 3.69. The maximum Gasteiger partial charge on any atom is 0.326 e. The Morgan fingerprint density at radius 3 is 2.25 bits per heavy atom. The van der Waals surface area contributed by atoms with E-state index in [1.165, 1.54) is 24.3 Å². The second-order valence-corrected chi connectivity index (χ2v) is 11.4. The maximum absolute atomic E-state index is 13.5. The van der Waals surface area contributed by atoms with Gasteiger partial charge in [0.1, 0.15) is 18.1 Å². The van der Waals surface area contributed by atoms with Crippen molar-refractivity contribution in [2.75, 3.05) is 12.0 Å². The highest BCUT2D eigenvalue weighted by Crippen LogP contribution is 2.19. The van der Waals surface area contributed by atoms with Gasteiger partial charge in [-0.2, -0.15) is 11.8 Å². The van der Waals surface area contributed by atoms with Crippen LogP contribution in [-0.4, -0.2) is 79.9 Å². The van der Waals surface area contributed by atoms with Crippen LogP contribution in [0, 0.1) is 0 Å². The number of nitrogens with zero attached hydrogens (tertiary/aromatic N) is 1. The summed E-state index contributed by atoms with van der Waals surface area (Å²) >= 11 is 1.51. The Balaban J connectivity index is 1.47. The Bertz CT molecular complexity index is 1540. The summed E-state index contributed by atoms with van der Waals surface area (Å²) in [6, 6.07) is 12.5. The van der Waals surface area contributed by atoms with E-state index >= 15 is 0 Å². The Labute approximate surface area is 259 Å². The van der Waals surface area contributed by atoms with E-state index < -0.39 is 47.9 Å². The number of carbonyl (C=O) groups is 4. The predicted molar refractivity (Wildman–Crippen MR) is 169 cm³/mol. The van der Waals surface area contributed by atoms with Crippen LogP contribution in [0.1, 0.15) is 23.2 Å². The fourth-order valence-corrected chi connectivity index (χ4v) is 5.31. The highest BCUT2D eigenvalue weighted by atomic mass is 32.2. The molecule has 12 nitrogen and oxygen atoms in total. The Kier molecular flexibility index (Phi) is 11.5. The predicted octanol–water partition coefficient (Wildman–Crippen LogP) is 1.54. The molecular weight excluding hydrogens is 582 g/mol. The van der Waals surface area contributed by atoms with Gasteiger partial charge in [-0.15, -0.1) is 0 Å². The number of aromatic amines is 2. The molecule has 13 heteroatoms. The van der Waals surface area contributed by atoms with Crippen molar-refractivity contribution in [3.8, 4) is 0 Å². The number of thioether (sulfide) groups is 1. The number of carboxylic acid groups (broad SMARTS) is 1. The molecule has 0 aliphatic rings. The number of imidazole rings is 1. The minimum Gasteiger partial charge on any atom is -0.480 e. The molecule has 0 radical (unpaired) electrons. The van der Waals surface area contributed by atoms with Crippen molar-refractivity contribution >= 4 is 46.4 Å². The number of nitrogens with two attached hydrogens (primary N) is 1. The lowest BCUT2D eigenvalue weighted by atomic mass is 10.0. The van der Waals surface area contributed by atoms with Crippen LogP contribution >= 0.6 is 11.8 Å². The highest BCUT2D eigenvalue weighted by molar-refractivity contribution is 7.98. The number of aliphatic carboxylic acids is 1. The molecule has 2 aromatic carbocycles. The van der Waals surface area contributed by atoms with Crippen molar-refractivity contribution in [3.63, 3.8) is 0 Å². The summed E-state index contributed by atoms with van der Waals surface area (Å²) < 4.78 is 0. The first-order chi connectivity index (χ1) is 21.2. The van der Waals surface area contributed by atoms with E-state index in [9.17, 15) is 24.3 Å². The van der Waals surface area contributed by atoms with Crippen molar-refractivity contribution in [2.45, 2.75) is 49.9 Å². The van der Waals surface area contributed by atoms with E-state index in [0.717, 1.165) is 22.0 Å². The van der Waals surface area contributed by atoms with Crippen LogP contribution < -0.4 is 21.7 Å². The average molecular weight is 620 g/mol. The number of para-hydroxylation sites is 1. The molecule has 0 fully saturated rings. The third-order valence-electron chi connectivity index (χ3n) is 7.20. The number of amides is 3. The maximum atomic E-state index is 13.5. The van der Waals surface area contributed by atoms with Gasteiger partial charge < -0.3 is 36.8 Å². The zero-order valence-electron chi connectivity index (χ0n) is 24.3. The lowest BCUT2D eigenvalue weighted by Gasteiger charge is -2.25. The first kappa shape index (κ1) is 32.3. The molecule has 4 atom stereocenters. The van der Waals surface area contributed by atoms with Gasteiger partial charge in [-0.25, -0.2) is 9.78 Å². The number of hydrogen-bond acceptors (Lipinski definition) is 7. The summed E-state index contributed by atoms with van der Waals surface area (Å²) in [5, 5.41) is 18.9. The quantitative estimate of drug-likeness (QED) is 0.0981. The number of carboxylic acids is 1. The van der Waals surface area contributed by atoms with Crippen molar-refractivity contribution in [3.05, 3.63) is 90.1 Å². The second kappa shape index (κ2) is 15.7. The van der Waals surface area contributed by atoms with Crippen LogP contribution in [0.3, 0.4) is 0 Å². The third-order valence-corrected chi connectivity index (χ3v) is 7.85. The normalized spacial score (nSPS) is 13.9. The number of rotatable bonds is 16. The molecule has 0 saturated heterocycles. The third kappa shape index (κ3) is 8.94. The minimum absolute atomic E-state index is 0.0215. The van der Waals surface area contributed by atoms with E-state index in [4.69, 9.17) is 5.73 Å². The SMILES string of the molecule is CSCCC(NC(=O)C(N)Cc1ccccc1)C(=O)NC(Cc1cnc[nH]1)C(=O)NC(Cc1c[nH]c2ccccc12)C(=O)O. The molecule has 0 bridgehead atoms. The molecule has 44 heavy (non-hydrogen) atoms. The van der Waals surface area contributed by atoms with Gasteiger partial charge in [0.05, 0.1) is 12.4 Å². The molecule has 2 aromatic heterocycles. The van der Waals surface area contributed by atoms with Gasteiger partial charge in [0.15, 0.2) is 0 Å². The molecule has 4 unspecified atom stereocenters. The molecule has 8 N–H and O–H groups in total. The Morgan fingerprint density at radius 2 is 1.55 bits per heavy atom. The number of aromatic nitrogens is 3. The summed E-state index contributed by atoms with van der Waals surface area (Å²) in [5.41, 5.74) is 9.18. The summed E-state index contributed by atoms with van der Waals surface area (Å²) in [7, 11) is 0.